The fourth-order valence-corrected chi connectivity index (χ4v) is 3.70. The van der Waals surface area contributed by atoms with Gasteiger partial charge in [0.2, 0.25) is 0 Å². The Balaban J connectivity index is 1.52. The predicted molar refractivity (Wildman–Crippen MR) is 103 cm³/mol. The van der Waals surface area contributed by atoms with Crippen LogP contribution in [0.2, 0.25) is 0 Å². The monoisotopic (exact) mass is 348 g/mol. The van der Waals surface area contributed by atoms with Crippen LogP contribution in [0.15, 0.2) is 66.9 Å². The average Bonchev–Trinajstić information content (AvgIpc) is 2.70. The molecule has 1 aromatic heterocycles. The van der Waals surface area contributed by atoms with E-state index in [0.717, 1.165) is 30.8 Å². The Kier molecular flexibility index (Phi) is 5.25. The molecule has 0 radical (unpaired) electrons. The van der Waals surface area contributed by atoms with Crippen LogP contribution in [0.1, 0.15) is 23.7 Å². The second kappa shape index (κ2) is 7.96. The summed E-state index contributed by atoms with van der Waals surface area (Å²) in [5.74, 6) is 0. The zero-order valence-electron chi connectivity index (χ0n) is 14.8. The van der Waals surface area contributed by atoms with Gasteiger partial charge in [-0.3, -0.25) is 9.88 Å². The summed E-state index contributed by atoms with van der Waals surface area (Å²) in [4.78, 5) is 6.99. The Morgan fingerprint density at radius 3 is 2.81 bits per heavy atom. The summed E-state index contributed by atoms with van der Waals surface area (Å²) in [5.41, 5.74) is 3.25. The average molecular weight is 348 g/mol. The van der Waals surface area contributed by atoms with Gasteiger partial charge in [0, 0.05) is 30.7 Å². The zero-order chi connectivity index (χ0) is 17.8. The second-order valence-corrected chi connectivity index (χ2v) is 6.85. The molecule has 0 saturated carbocycles. The van der Waals surface area contributed by atoms with Crippen LogP contribution >= 0.6 is 0 Å². The third-order valence-electron chi connectivity index (χ3n) is 5.12. The van der Waals surface area contributed by atoms with E-state index in [1.165, 1.54) is 10.9 Å². The van der Waals surface area contributed by atoms with E-state index in [0.29, 0.717) is 13.0 Å². The summed E-state index contributed by atoms with van der Waals surface area (Å²) in [7, 11) is 0. The molecule has 2 aromatic carbocycles. The minimum absolute atomic E-state index is 0.193. The highest BCUT2D eigenvalue weighted by Crippen LogP contribution is 2.25. The number of aliphatic hydroxyl groups excluding tert-OH is 1. The molecule has 0 aliphatic carbocycles. The van der Waals surface area contributed by atoms with E-state index in [1.807, 2.05) is 42.6 Å². The Labute approximate surface area is 154 Å². The molecular formula is C22H24N2O2. The van der Waals surface area contributed by atoms with Crippen molar-refractivity contribution < 1.29 is 9.84 Å². The van der Waals surface area contributed by atoms with Crippen LogP contribution in [0.3, 0.4) is 0 Å². The summed E-state index contributed by atoms with van der Waals surface area (Å²) in [6, 6.07) is 20.5. The highest BCUT2D eigenvalue weighted by Gasteiger charge is 2.26. The van der Waals surface area contributed by atoms with Crippen LogP contribution in [-0.2, 0) is 11.3 Å². The quantitative estimate of drug-likeness (QED) is 0.766. The lowest BCUT2D eigenvalue weighted by atomic mass is 10.00. The molecule has 0 bridgehead atoms. The fraction of sp³-hybridized carbons (Fsp3) is 0.318. The van der Waals surface area contributed by atoms with E-state index in [1.54, 1.807) is 0 Å². The lowest BCUT2D eigenvalue weighted by Crippen LogP contribution is -2.45. The summed E-state index contributed by atoms with van der Waals surface area (Å²) in [6.07, 6.45) is 2.04. The summed E-state index contributed by atoms with van der Waals surface area (Å²) >= 11 is 0. The molecule has 26 heavy (non-hydrogen) atoms. The maximum absolute atomic E-state index is 10.6. The smallest absolute Gasteiger partial charge is 0.0805 e. The Hall–Kier alpha value is -2.27. The third kappa shape index (κ3) is 3.78. The van der Waals surface area contributed by atoms with Crippen molar-refractivity contribution in [2.75, 3.05) is 19.8 Å². The normalized spacial score (nSPS) is 19.5. The van der Waals surface area contributed by atoms with E-state index < -0.39 is 6.10 Å². The number of ether oxygens (including phenoxy) is 1. The van der Waals surface area contributed by atoms with Gasteiger partial charge in [0.05, 0.1) is 24.8 Å². The Morgan fingerprint density at radius 2 is 1.92 bits per heavy atom. The van der Waals surface area contributed by atoms with Gasteiger partial charge < -0.3 is 9.84 Å². The van der Waals surface area contributed by atoms with Crippen LogP contribution in [0.4, 0.5) is 0 Å². The number of fused-ring (bicyclic) bond motifs is 1. The molecule has 1 aliphatic heterocycles. The SMILES string of the molecule is O[C@@H](C[C@@H]1COCCN1Cc1cccc2cccnc12)c1ccccc1. The van der Waals surface area contributed by atoms with Gasteiger partial charge >= 0.3 is 0 Å². The van der Waals surface area contributed by atoms with E-state index in [-0.39, 0.29) is 6.04 Å². The highest BCUT2D eigenvalue weighted by atomic mass is 16.5. The molecule has 4 rings (SSSR count). The highest BCUT2D eigenvalue weighted by molar-refractivity contribution is 5.81. The van der Waals surface area contributed by atoms with Crippen LogP contribution < -0.4 is 0 Å². The van der Waals surface area contributed by atoms with E-state index in [9.17, 15) is 5.11 Å². The lowest BCUT2D eigenvalue weighted by molar-refractivity contribution is -0.0298. The van der Waals surface area contributed by atoms with Gasteiger partial charge in [-0.25, -0.2) is 0 Å². The topological polar surface area (TPSA) is 45.6 Å². The number of benzene rings is 2. The van der Waals surface area contributed by atoms with E-state index in [4.69, 9.17) is 4.74 Å². The number of aromatic nitrogens is 1. The first-order valence-corrected chi connectivity index (χ1v) is 9.19. The maximum atomic E-state index is 10.6. The molecule has 1 N–H and O–H groups in total. The number of pyridine rings is 1. The van der Waals surface area contributed by atoms with Crippen molar-refractivity contribution in [3.63, 3.8) is 0 Å². The molecule has 1 aliphatic rings. The fourth-order valence-electron chi connectivity index (χ4n) is 3.70. The van der Waals surface area contributed by atoms with Gasteiger partial charge in [-0.1, -0.05) is 54.6 Å². The molecule has 4 nitrogen and oxygen atoms in total. The predicted octanol–water partition coefficient (Wildman–Crippen LogP) is 3.56. The number of rotatable bonds is 5. The molecule has 1 saturated heterocycles. The summed E-state index contributed by atoms with van der Waals surface area (Å²) in [5, 5.41) is 11.8. The molecule has 134 valence electrons. The van der Waals surface area contributed by atoms with E-state index >= 15 is 0 Å². The largest absolute Gasteiger partial charge is 0.388 e. The van der Waals surface area contributed by atoms with Crippen molar-refractivity contribution >= 4 is 10.9 Å². The van der Waals surface area contributed by atoms with Crippen molar-refractivity contribution in [1.29, 1.82) is 0 Å². The van der Waals surface area contributed by atoms with Gasteiger partial charge in [-0.2, -0.15) is 0 Å². The molecule has 2 atom stereocenters. The molecular weight excluding hydrogens is 324 g/mol. The standard InChI is InChI=1S/C22H24N2O2/c25-21(17-6-2-1-3-7-17)14-20-16-26-13-12-24(20)15-19-9-4-8-18-10-5-11-23-22(18)19/h1-11,20-21,25H,12-16H2/t20-,21+/m1/s1. The third-order valence-corrected chi connectivity index (χ3v) is 5.12. The van der Waals surface area contributed by atoms with Crippen molar-refractivity contribution in [1.82, 2.24) is 9.88 Å². The summed E-state index contributed by atoms with van der Waals surface area (Å²) < 4.78 is 5.71. The number of aliphatic hydroxyl groups is 1. The minimum Gasteiger partial charge on any atom is -0.388 e. The zero-order valence-corrected chi connectivity index (χ0v) is 14.8. The van der Waals surface area contributed by atoms with Crippen LogP contribution in [0.25, 0.3) is 10.9 Å². The van der Waals surface area contributed by atoms with Gasteiger partial charge in [0.25, 0.3) is 0 Å². The first-order valence-electron chi connectivity index (χ1n) is 9.19. The molecule has 2 heterocycles. The molecule has 3 aromatic rings. The van der Waals surface area contributed by atoms with Crippen LogP contribution in [0, 0.1) is 0 Å². The maximum Gasteiger partial charge on any atom is 0.0805 e. The summed E-state index contributed by atoms with van der Waals surface area (Å²) in [6.45, 7) is 3.08. The number of morpholine rings is 1. The van der Waals surface area contributed by atoms with Gasteiger partial charge in [0.1, 0.15) is 0 Å². The number of hydrogen-bond donors (Lipinski definition) is 1. The molecule has 0 spiro atoms. The second-order valence-electron chi connectivity index (χ2n) is 6.85. The Bertz CT molecular complexity index is 848. The van der Waals surface area contributed by atoms with E-state index in [2.05, 4.69) is 34.1 Å². The lowest BCUT2D eigenvalue weighted by Gasteiger charge is -2.36. The number of para-hydroxylation sites is 1. The van der Waals surface area contributed by atoms with Gasteiger partial charge in [-0.05, 0) is 23.6 Å². The van der Waals surface area contributed by atoms with Crippen molar-refractivity contribution in [2.45, 2.75) is 25.1 Å². The number of nitrogens with zero attached hydrogens (tertiary/aromatic N) is 2. The molecule has 0 unspecified atom stereocenters. The van der Waals surface area contributed by atoms with Crippen molar-refractivity contribution in [2.24, 2.45) is 0 Å². The van der Waals surface area contributed by atoms with Gasteiger partial charge in [0.15, 0.2) is 0 Å². The van der Waals surface area contributed by atoms with Crippen molar-refractivity contribution in [3.8, 4) is 0 Å². The Morgan fingerprint density at radius 1 is 1.08 bits per heavy atom. The minimum atomic E-state index is -0.476. The molecule has 4 heteroatoms. The first kappa shape index (κ1) is 17.2. The van der Waals surface area contributed by atoms with Crippen molar-refractivity contribution in [3.05, 3.63) is 78.0 Å². The van der Waals surface area contributed by atoms with Crippen LogP contribution in [-0.4, -0.2) is 40.8 Å². The number of hydrogen-bond acceptors (Lipinski definition) is 4. The molecule has 1 fully saturated rings. The molecule has 0 amide bonds. The van der Waals surface area contributed by atoms with Gasteiger partial charge in [-0.15, -0.1) is 0 Å². The first-order chi connectivity index (χ1) is 12.8. The van der Waals surface area contributed by atoms with Crippen LogP contribution in [0.5, 0.6) is 0 Å².